The van der Waals surface area contributed by atoms with E-state index in [4.69, 9.17) is 27.9 Å². The van der Waals surface area contributed by atoms with Gasteiger partial charge < -0.3 is 10.1 Å². The lowest BCUT2D eigenvalue weighted by atomic mass is 9.85. The minimum Gasteiger partial charge on any atom is -0.381 e. The summed E-state index contributed by atoms with van der Waals surface area (Å²) in [4.78, 5) is 2.59. The molecule has 1 atom stereocenters. The summed E-state index contributed by atoms with van der Waals surface area (Å²) in [5.74, 6) is 0.633. The van der Waals surface area contributed by atoms with Crippen LogP contribution in [-0.2, 0) is 4.74 Å². The highest BCUT2D eigenvalue weighted by molar-refractivity contribution is 6.42. The Hall–Kier alpha value is -0.320. The lowest BCUT2D eigenvalue weighted by Crippen LogP contribution is -2.47. The summed E-state index contributed by atoms with van der Waals surface area (Å²) in [5, 5.41) is 4.72. The van der Waals surface area contributed by atoms with Gasteiger partial charge in [0.2, 0.25) is 0 Å². The van der Waals surface area contributed by atoms with Crippen molar-refractivity contribution in [1.82, 2.24) is 10.2 Å². The number of hydrogen-bond donors (Lipinski definition) is 1. The molecule has 0 aromatic heterocycles. The van der Waals surface area contributed by atoms with E-state index in [1.807, 2.05) is 12.1 Å². The van der Waals surface area contributed by atoms with E-state index in [-0.39, 0.29) is 0 Å². The van der Waals surface area contributed by atoms with Gasteiger partial charge in [0.05, 0.1) is 10.0 Å². The third kappa shape index (κ3) is 3.72. The maximum absolute atomic E-state index is 6.25. The van der Waals surface area contributed by atoms with Gasteiger partial charge in [-0.15, -0.1) is 0 Å². The summed E-state index contributed by atoms with van der Waals surface area (Å²) in [6, 6.07) is 6.53. The normalized spacial score (nSPS) is 23.1. The second kappa shape index (κ2) is 7.30. The van der Waals surface area contributed by atoms with Crippen LogP contribution in [0, 0.1) is 5.92 Å². The van der Waals surface area contributed by atoms with Gasteiger partial charge in [0, 0.05) is 45.4 Å². The molecular weight excluding hydrogens is 307 g/mol. The Morgan fingerprint density at radius 2 is 1.81 bits per heavy atom. The monoisotopic (exact) mass is 328 g/mol. The highest BCUT2D eigenvalue weighted by atomic mass is 35.5. The van der Waals surface area contributed by atoms with Crippen molar-refractivity contribution in [2.24, 2.45) is 5.92 Å². The zero-order valence-electron chi connectivity index (χ0n) is 12.2. The second-order valence-electron chi connectivity index (χ2n) is 5.85. The van der Waals surface area contributed by atoms with Crippen LogP contribution < -0.4 is 5.32 Å². The molecule has 0 radical (unpaired) electrons. The topological polar surface area (TPSA) is 24.5 Å². The van der Waals surface area contributed by atoms with E-state index in [0.717, 1.165) is 52.2 Å². The number of hydrogen-bond acceptors (Lipinski definition) is 3. The van der Waals surface area contributed by atoms with Gasteiger partial charge in [-0.2, -0.15) is 0 Å². The number of benzene rings is 1. The number of nitrogens with one attached hydrogen (secondary N) is 1. The molecule has 0 aliphatic carbocycles. The fourth-order valence-electron chi connectivity index (χ4n) is 3.47. The molecule has 0 unspecified atom stereocenters. The average Bonchev–Trinajstić information content (AvgIpc) is 2.53. The number of halogens is 2. The zero-order valence-corrected chi connectivity index (χ0v) is 13.7. The molecule has 2 saturated heterocycles. The summed E-state index contributed by atoms with van der Waals surface area (Å²) in [5.41, 5.74) is 1.29. The fraction of sp³-hybridized carbons (Fsp3) is 0.625. The van der Waals surface area contributed by atoms with E-state index < -0.39 is 0 Å². The first-order valence-electron chi connectivity index (χ1n) is 7.73. The Morgan fingerprint density at radius 1 is 1.10 bits per heavy atom. The first-order valence-corrected chi connectivity index (χ1v) is 8.49. The predicted octanol–water partition coefficient (Wildman–Crippen LogP) is 3.37. The molecule has 2 aliphatic rings. The van der Waals surface area contributed by atoms with Crippen molar-refractivity contribution in [3.63, 3.8) is 0 Å². The van der Waals surface area contributed by atoms with Crippen LogP contribution in [0.4, 0.5) is 0 Å². The minimum atomic E-state index is 0.422. The lowest BCUT2D eigenvalue weighted by Gasteiger charge is -2.41. The summed E-state index contributed by atoms with van der Waals surface area (Å²) < 4.78 is 5.54. The zero-order chi connectivity index (χ0) is 14.7. The van der Waals surface area contributed by atoms with Gasteiger partial charge in [0.15, 0.2) is 0 Å². The number of nitrogens with zero attached hydrogens (tertiary/aromatic N) is 1. The number of piperazine rings is 1. The molecule has 3 rings (SSSR count). The Balaban J connectivity index is 1.87. The number of ether oxygens (including phenoxy) is 1. The number of rotatable bonds is 3. The molecule has 0 saturated carbocycles. The quantitative estimate of drug-likeness (QED) is 0.920. The molecule has 3 nitrogen and oxygen atoms in total. The van der Waals surface area contributed by atoms with Gasteiger partial charge >= 0.3 is 0 Å². The lowest BCUT2D eigenvalue weighted by molar-refractivity contribution is 0.0213. The van der Waals surface area contributed by atoms with Gasteiger partial charge in [-0.3, -0.25) is 4.90 Å². The van der Waals surface area contributed by atoms with Crippen molar-refractivity contribution in [3.05, 3.63) is 33.8 Å². The van der Waals surface area contributed by atoms with Crippen molar-refractivity contribution in [1.29, 1.82) is 0 Å². The molecule has 1 aromatic carbocycles. The van der Waals surface area contributed by atoms with Crippen molar-refractivity contribution >= 4 is 23.2 Å². The highest BCUT2D eigenvalue weighted by Gasteiger charge is 2.31. The molecule has 0 amide bonds. The van der Waals surface area contributed by atoms with Crippen LogP contribution in [-0.4, -0.2) is 44.3 Å². The van der Waals surface area contributed by atoms with Gasteiger partial charge in [-0.1, -0.05) is 29.3 Å². The molecular formula is C16H22Cl2N2O. The van der Waals surface area contributed by atoms with Crippen LogP contribution in [0.25, 0.3) is 0 Å². The van der Waals surface area contributed by atoms with Crippen molar-refractivity contribution in [2.75, 3.05) is 39.4 Å². The van der Waals surface area contributed by atoms with E-state index in [1.165, 1.54) is 5.56 Å². The van der Waals surface area contributed by atoms with E-state index in [0.29, 0.717) is 22.0 Å². The van der Waals surface area contributed by atoms with Crippen molar-refractivity contribution < 1.29 is 4.74 Å². The third-order valence-corrected chi connectivity index (χ3v) is 5.28. The maximum atomic E-state index is 6.25. The largest absolute Gasteiger partial charge is 0.381 e. The van der Waals surface area contributed by atoms with E-state index in [1.54, 1.807) is 0 Å². The van der Waals surface area contributed by atoms with Crippen LogP contribution in [0.5, 0.6) is 0 Å². The van der Waals surface area contributed by atoms with Crippen molar-refractivity contribution in [2.45, 2.75) is 18.9 Å². The summed E-state index contributed by atoms with van der Waals surface area (Å²) >= 11 is 12.3. The molecule has 1 aromatic rings. The van der Waals surface area contributed by atoms with E-state index >= 15 is 0 Å². The first-order chi connectivity index (χ1) is 10.3. The Bertz CT molecular complexity index is 453. The molecule has 1 N–H and O–H groups in total. The molecule has 5 heteroatoms. The summed E-state index contributed by atoms with van der Waals surface area (Å²) in [6.45, 7) is 6.02. The van der Waals surface area contributed by atoms with Crippen LogP contribution in [0.3, 0.4) is 0 Å². The smallest absolute Gasteiger partial charge is 0.0595 e. The van der Waals surface area contributed by atoms with Gasteiger partial charge in [-0.05, 0) is 36.5 Å². The summed E-state index contributed by atoms with van der Waals surface area (Å²) in [6.07, 6.45) is 2.24. The molecule has 2 aliphatic heterocycles. The Morgan fingerprint density at radius 3 is 2.48 bits per heavy atom. The van der Waals surface area contributed by atoms with Gasteiger partial charge in [-0.25, -0.2) is 0 Å². The van der Waals surface area contributed by atoms with Crippen LogP contribution in [0.15, 0.2) is 18.2 Å². The van der Waals surface area contributed by atoms with Crippen molar-refractivity contribution in [3.8, 4) is 0 Å². The molecule has 2 fully saturated rings. The SMILES string of the molecule is Clc1ccc([C@H](C2CCOCC2)N2CCNCC2)cc1Cl. The van der Waals surface area contributed by atoms with Crippen LogP contribution in [0.1, 0.15) is 24.4 Å². The molecule has 21 heavy (non-hydrogen) atoms. The predicted molar refractivity (Wildman–Crippen MR) is 87.2 cm³/mol. The molecule has 2 heterocycles. The molecule has 0 bridgehead atoms. The maximum Gasteiger partial charge on any atom is 0.0595 e. The first kappa shape index (κ1) is 15.6. The van der Waals surface area contributed by atoms with E-state index in [9.17, 15) is 0 Å². The molecule has 116 valence electrons. The highest BCUT2D eigenvalue weighted by Crippen LogP contribution is 2.37. The van der Waals surface area contributed by atoms with Gasteiger partial charge in [0.25, 0.3) is 0 Å². The van der Waals surface area contributed by atoms with Gasteiger partial charge in [0.1, 0.15) is 0 Å². The standard InChI is InChI=1S/C16H22Cl2N2O/c17-14-2-1-13(11-15(14)18)16(12-3-9-21-10-4-12)20-7-5-19-6-8-20/h1-2,11-12,16,19H,3-10H2/t16-/m0/s1. The van der Waals surface area contributed by atoms with E-state index in [2.05, 4.69) is 16.3 Å². The minimum absolute atomic E-state index is 0.422. The van der Waals surface area contributed by atoms with Crippen LogP contribution >= 0.6 is 23.2 Å². The Labute approximate surface area is 136 Å². The Kier molecular flexibility index (Phi) is 5.41. The fourth-order valence-corrected chi connectivity index (χ4v) is 3.78. The average molecular weight is 329 g/mol. The molecule has 0 spiro atoms. The summed E-state index contributed by atoms with van der Waals surface area (Å²) in [7, 11) is 0. The second-order valence-corrected chi connectivity index (χ2v) is 6.67. The van der Waals surface area contributed by atoms with Crippen LogP contribution in [0.2, 0.25) is 10.0 Å². The third-order valence-electron chi connectivity index (χ3n) is 4.54.